The molecule has 150 valence electrons. The second kappa shape index (κ2) is 7.85. The van der Waals surface area contributed by atoms with E-state index in [2.05, 4.69) is 0 Å². The first kappa shape index (κ1) is 21.8. The number of hydrogen-bond acceptors (Lipinski definition) is 5. The quantitative estimate of drug-likeness (QED) is 0.440. The molecule has 0 aliphatic carbocycles. The van der Waals surface area contributed by atoms with E-state index in [1.54, 1.807) is 24.8 Å². The molecule has 7 nitrogen and oxygen atoms in total. The molecule has 1 amide bonds. The Morgan fingerprint density at radius 1 is 1.25 bits per heavy atom. The largest absolute Gasteiger partial charge is 0.491 e. The highest BCUT2D eigenvalue weighted by Crippen LogP contribution is 2.36. The number of benzene rings is 1. The van der Waals surface area contributed by atoms with E-state index in [0.717, 1.165) is 16.7 Å². The second-order valence-electron chi connectivity index (χ2n) is 8.50. The van der Waals surface area contributed by atoms with E-state index in [1.165, 1.54) is 6.07 Å². The predicted octanol–water partition coefficient (Wildman–Crippen LogP) is 4.21. The number of aryl methyl sites for hydroxylation is 1. The maximum Gasteiger partial charge on any atom is 0.410 e. The third kappa shape index (κ3) is 5.74. The van der Waals surface area contributed by atoms with Gasteiger partial charge in [-0.1, -0.05) is 6.08 Å². The molecule has 0 aromatic heterocycles. The summed E-state index contributed by atoms with van der Waals surface area (Å²) in [5.41, 5.74) is 0.918. The molecule has 0 spiro atoms. The molecule has 1 aliphatic rings. The summed E-state index contributed by atoms with van der Waals surface area (Å²) in [7, 11) is 5.89. The van der Waals surface area contributed by atoms with E-state index in [9.17, 15) is 14.9 Å². The molecule has 2 rings (SSSR count). The fourth-order valence-electron chi connectivity index (χ4n) is 2.93. The zero-order valence-electron chi connectivity index (χ0n) is 17.4. The van der Waals surface area contributed by atoms with Crippen LogP contribution in [0.4, 0.5) is 10.5 Å². The van der Waals surface area contributed by atoms with Gasteiger partial charge in [0.2, 0.25) is 0 Å². The minimum absolute atomic E-state index is 0.119. The van der Waals surface area contributed by atoms with Gasteiger partial charge in [-0.15, -0.1) is 0 Å². The molecule has 1 aliphatic heterocycles. The van der Waals surface area contributed by atoms with Crippen LogP contribution in [0.25, 0.3) is 5.57 Å². The molecule has 0 saturated carbocycles. The molecule has 2 radical (unpaired) electrons. The van der Waals surface area contributed by atoms with Gasteiger partial charge in [-0.2, -0.15) is 0 Å². The molecule has 1 heterocycles. The number of hydrogen-bond donors (Lipinski definition) is 0. The van der Waals surface area contributed by atoms with Gasteiger partial charge >= 0.3 is 11.8 Å². The lowest BCUT2D eigenvalue weighted by Gasteiger charge is -2.30. The number of carbonyl (C=O) groups excluding carboxylic acids is 1. The topological polar surface area (TPSA) is 81.9 Å². The van der Waals surface area contributed by atoms with Crippen LogP contribution in [-0.2, 0) is 4.74 Å². The Morgan fingerprint density at radius 3 is 2.36 bits per heavy atom. The van der Waals surface area contributed by atoms with Crippen molar-refractivity contribution >= 4 is 25.2 Å². The summed E-state index contributed by atoms with van der Waals surface area (Å²) in [4.78, 5) is 24.8. The highest BCUT2D eigenvalue weighted by molar-refractivity contribution is 6.14. The zero-order chi connectivity index (χ0) is 21.3. The van der Waals surface area contributed by atoms with Crippen LogP contribution in [0.5, 0.6) is 5.75 Å². The standard InChI is InChI=1S/C20H27BN2O5/c1-13-11-16(23(25)26)17(27-20(5,6)21)12-15(13)14-7-9-22(10-8-14)18(24)28-19(2,3)4/h7,11-12H,8-10H2,1-6H3. The van der Waals surface area contributed by atoms with Gasteiger partial charge in [0.15, 0.2) is 5.75 Å². The van der Waals surface area contributed by atoms with Crippen molar-refractivity contribution in [1.82, 2.24) is 4.90 Å². The highest BCUT2D eigenvalue weighted by Gasteiger charge is 2.27. The minimum Gasteiger partial charge on any atom is -0.491 e. The number of nitrogens with zero attached hydrogens (tertiary/aromatic N) is 2. The average molecular weight is 386 g/mol. The molecular formula is C20H27BN2O5. The Bertz CT molecular complexity index is 806. The van der Waals surface area contributed by atoms with Gasteiger partial charge in [-0.25, -0.2) is 4.79 Å². The molecular weight excluding hydrogens is 359 g/mol. The third-order valence-corrected chi connectivity index (χ3v) is 4.08. The van der Waals surface area contributed by atoms with Crippen molar-refractivity contribution in [3.63, 3.8) is 0 Å². The SMILES string of the molecule is [B]C(C)(C)Oc1cc(C2=CCN(C(=O)OC(C)(C)C)CC2)c(C)cc1[N+](=O)[O-]. The van der Waals surface area contributed by atoms with Crippen molar-refractivity contribution in [3.05, 3.63) is 39.4 Å². The van der Waals surface area contributed by atoms with Crippen LogP contribution in [0, 0.1) is 17.0 Å². The van der Waals surface area contributed by atoms with Crippen LogP contribution in [0.15, 0.2) is 18.2 Å². The van der Waals surface area contributed by atoms with Crippen molar-refractivity contribution in [1.29, 1.82) is 0 Å². The Morgan fingerprint density at radius 2 is 1.89 bits per heavy atom. The van der Waals surface area contributed by atoms with Gasteiger partial charge in [0.1, 0.15) is 13.4 Å². The van der Waals surface area contributed by atoms with E-state index in [-0.39, 0.29) is 17.5 Å². The molecule has 0 N–H and O–H groups in total. The Kier molecular flexibility index (Phi) is 6.11. The average Bonchev–Trinajstić information content (AvgIpc) is 2.53. The Balaban J connectivity index is 2.29. The smallest absolute Gasteiger partial charge is 0.410 e. The van der Waals surface area contributed by atoms with Crippen LogP contribution >= 0.6 is 0 Å². The molecule has 0 bridgehead atoms. The van der Waals surface area contributed by atoms with Gasteiger partial charge in [0.25, 0.3) is 0 Å². The molecule has 0 atom stereocenters. The normalized spacial score (nSPS) is 15.1. The lowest BCUT2D eigenvalue weighted by molar-refractivity contribution is -0.386. The van der Waals surface area contributed by atoms with Crippen molar-refractivity contribution in [2.24, 2.45) is 0 Å². The molecule has 0 unspecified atom stereocenters. The molecule has 1 aromatic carbocycles. The monoisotopic (exact) mass is 386 g/mol. The van der Waals surface area contributed by atoms with Crippen molar-refractivity contribution in [3.8, 4) is 5.75 Å². The van der Waals surface area contributed by atoms with Crippen molar-refractivity contribution in [2.45, 2.75) is 59.1 Å². The summed E-state index contributed by atoms with van der Waals surface area (Å²) < 4.78 is 11.0. The van der Waals surface area contributed by atoms with Crippen LogP contribution in [0.1, 0.15) is 52.2 Å². The maximum atomic E-state index is 12.2. The summed E-state index contributed by atoms with van der Waals surface area (Å²) in [6, 6.07) is 3.16. The zero-order valence-corrected chi connectivity index (χ0v) is 17.4. The van der Waals surface area contributed by atoms with Gasteiger partial charge in [-0.3, -0.25) is 10.1 Å². The van der Waals surface area contributed by atoms with Crippen LogP contribution in [0.2, 0.25) is 0 Å². The minimum atomic E-state index is -1.05. The lowest BCUT2D eigenvalue weighted by Crippen LogP contribution is -2.39. The summed E-state index contributed by atoms with van der Waals surface area (Å²) in [5, 5.41) is 11.4. The van der Waals surface area contributed by atoms with Gasteiger partial charge in [0.05, 0.1) is 10.4 Å². The first-order valence-electron chi connectivity index (χ1n) is 9.21. The Labute approximate surface area is 167 Å². The lowest BCUT2D eigenvalue weighted by atomic mass is 9.85. The number of amides is 1. The first-order chi connectivity index (χ1) is 12.8. The van der Waals surface area contributed by atoms with Crippen LogP contribution in [0.3, 0.4) is 0 Å². The third-order valence-electron chi connectivity index (χ3n) is 4.08. The van der Waals surface area contributed by atoms with Crippen LogP contribution < -0.4 is 4.74 Å². The molecule has 8 heteroatoms. The molecule has 28 heavy (non-hydrogen) atoms. The van der Waals surface area contributed by atoms with E-state index in [1.807, 2.05) is 33.8 Å². The van der Waals surface area contributed by atoms with Crippen molar-refractivity contribution < 1.29 is 19.2 Å². The van der Waals surface area contributed by atoms with Crippen LogP contribution in [-0.4, -0.2) is 48.0 Å². The summed E-state index contributed by atoms with van der Waals surface area (Å²) in [6.07, 6.45) is 2.21. The second-order valence-corrected chi connectivity index (χ2v) is 8.50. The number of rotatable bonds is 4. The van der Waals surface area contributed by atoms with Gasteiger partial charge in [0, 0.05) is 19.2 Å². The highest BCUT2D eigenvalue weighted by atomic mass is 16.6. The summed E-state index contributed by atoms with van der Waals surface area (Å²) >= 11 is 0. The Hall–Kier alpha value is -2.51. The maximum absolute atomic E-state index is 12.2. The summed E-state index contributed by atoms with van der Waals surface area (Å²) in [6.45, 7) is 11.5. The van der Waals surface area contributed by atoms with E-state index >= 15 is 0 Å². The van der Waals surface area contributed by atoms with Gasteiger partial charge < -0.3 is 14.4 Å². The van der Waals surface area contributed by atoms with Gasteiger partial charge in [-0.05, 0) is 70.7 Å². The fraction of sp³-hybridized carbons (Fsp3) is 0.550. The first-order valence-corrected chi connectivity index (χ1v) is 9.21. The summed E-state index contributed by atoms with van der Waals surface area (Å²) in [5.74, 6) is 0.133. The van der Waals surface area contributed by atoms with E-state index in [0.29, 0.717) is 19.5 Å². The van der Waals surface area contributed by atoms with E-state index < -0.39 is 16.0 Å². The molecule has 1 aromatic rings. The number of nitro benzene ring substituents is 1. The van der Waals surface area contributed by atoms with E-state index in [4.69, 9.17) is 17.3 Å². The number of nitro groups is 1. The fourth-order valence-corrected chi connectivity index (χ4v) is 2.93. The predicted molar refractivity (Wildman–Crippen MR) is 109 cm³/mol. The van der Waals surface area contributed by atoms with Crippen molar-refractivity contribution in [2.75, 3.05) is 13.1 Å². The number of carbonyl (C=O) groups is 1. The number of ether oxygens (including phenoxy) is 2. The molecule has 0 saturated heterocycles. The molecule has 0 fully saturated rings.